The van der Waals surface area contributed by atoms with Gasteiger partial charge in [-0.05, 0) is 50.9 Å². The van der Waals surface area contributed by atoms with E-state index < -0.39 is 0 Å². The quantitative estimate of drug-likeness (QED) is 0.850. The van der Waals surface area contributed by atoms with Crippen LogP contribution in [0, 0.1) is 19.8 Å². The summed E-state index contributed by atoms with van der Waals surface area (Å²) in [6.45, 7) is 7.96. The Hall–Kier alpha value is -1.63. The molecule has 2 N–H and O–H groups in total. The van der Waals surface area contributed by atoms with Gasteiger partial charge in [0.25, 0.3) is 5.91 Å². The maximum Gasteiger partial charge on any atom is 0.253 e. The van der Waals surface area contributed by atoms with Gasteiger partial charge >= 0.3 is 0 Å². The first-order valence-corrected chi connectivity index (χ1v) is 8.06. The van der Waals surface area contributed by atoms with E-state index >= 15 is 0 Å². The second-order valence-electron chi connectivity index (χ2n) is 6.29. The van der Waals surface area contributed by atoms with Crippen molar-refractivity contribution < 1.29 is 4.79 Å². The monoisotopic (exact) mass is 385 g/mol. The molecule has 1 aliphatic rings. The summed E-state index contributed by atoms with van der Waals surface area (Å²) >= 11 is 0. The number of nitrogens with zero attached hydrogens (tertiary/aromatic N) is 3. The van der Waals surface area contributed by atoms with Gasteiger partial charge in [-0.1, -0.05) is 6.92 Å². The van der Waals surface area contributed by atoms with Crippen LogP contribution in [0.3, 0.4) is 0 Å². The van der Waals surface area contributed by atoms with E-state index in [0.29, 0.717) is 11.5 Å². The molecule has 8 heteroatoms. The van der Waals surface area contributed by atoms with Gasteiger partial charge in [0.1, 0.15) is 0 Å². The van der Waals surface area contributed by atoms with E-state index in [9.17, 15) is 4.79 Å². The summed E-state index contributed by atoms with van der Waals surface area (Å²) in [6, 6.07) is 5.80. The van der Waals surface area contributed by atoms with Crippen LogP contribution in [0.15, 0.2) is 24.4 Å². The van der Waals surface area contributed by atoms with Gasteiger partial charge in [0.15, 0.2) is 5.82 Å². The van der Waals surface area contributed by atoms with Crippen molar-refractivity contribution in [1.29, 1.82) is 0 Å². The molecule has 1 aliphatic heterocycles. The number of carbonyl (C=O) groups is 1. The molecule has 0 aliphatic carbocycles. The van der Waals surface area contributed by atoms with Crippen LogP contribution >= 0.6 is 24.8 Å². The number of pyridine rings is 1. The van der Waals surface area contributed by atoms with Crippen LogP contribution in [-0.4, -0.2) is 39.8 Å². The summed E-state index contributed by atoms with van der Waals surface area (Å²) in [4.78, 5) is 16.8. The van der Waals surface area contributed by atoms with E-state index in [-0.39, 0.29) is 36.8 Å². The molecule has 25 heavy (non-hydrogen) atoms. The number of rotatable bonds is 3. The number of aryl methyl sites for hydroxylation is 2. The Kier molecular flexibility index (Phi) is 7.86. The maximum atomic E-state index is 12.4. The number of hydrogen-bond donors (Lipinski definition) is 2. The standard InChI is InChI=1S/C17H23N5O.2ClH/c1-11-6-7-18-10-15(11)20-17(23)14-4-5-16(19-9-14)22-13(3)8-12(2)21-22;;/h4-5,8-9,11,15,18H,6-7,10H2,1-3H3,(H,20,23);2*1H. The summed E-state index contributed by atoms with van der Waals surface area (Å²) in [5.41, 5.74) is 2.55. The highest BCUT2D eigenvalue weighted by Crippen LogP contribution is 2.13. The van der Waals surface area contributed by atoms with Crippen LogP contribution < -0.4 is 10.6 Å². The number of piperidine rings is 1. The molecule has 0 radical (unpaired) electrons. The van der Waals surface area contributed by atoms with Gasteiger partial charge in [-0.2, -0.15) is 5.10 Å². The average molecular weight is 386 g/mol. The number of halogens is 2. The van der Waals surface area contributed by atoms with Crippen molar-refractivity contribution in [3.8, 4) is 5.82 Å². The summed E-state index contributed by atoms with van der Waals surface area (Å²) in [5.74, 6) is 1.14. The van der Waals surface area contributed by atoms with Gasteiger partial charge in [-0.25, -0.2) is 9.67 Å². The number of amides is 1. The van der Waals surface area contributed by atoms with Crippen molar-refractivity contribution in [3.05, 3.63) is 41.3 Å². The molecule has 2 aromatic heterocycles. The van der Waals surface area contributed by atoms with E-state index in [1.54, 1.807) is 16.9 Å². The van der Waals surface area contributed by atoms with Crippen molar-refractivity contribution in [2.45, 2.75) is 33.2 Å². The fourth-order valence-corrected chi connectivity index (χ4v) is 2.94. The predicted octanol–water partition coefficient (Wildman–Crippen LogP) is 2.46. The second-order valence-corrected chi connectivity index (χ2v) is 6.29. The molecule has 2 aromatic rings. The molecule has 0 saturated carbocycles. The lowest BCUT2D eigenvalue weighted by atomic mass is 9.94. The molecular formula is C17H25Cl2N5O. The van der Waals surface area contributed by atoms with Gasteiger partial charge in [0.2, 0.25) is 0 Å². The fourth-order valence-electron chi connectivity index (χ4n) is 2.94. The lowest BCUT2D eigenvalue weighted by Gasteiger charge is -2.30. The van der Waals surface area contributed by atoms with Gasteiger partial charge in [-0.15, -0.1) is 24.8 Å². The number of hydrogen-bond acceptors (Lipinski definition) is 4. The maximum absolute atomic E-state index is 12.4. The number of aromatic nitrogens is 3. The Balaban J connectivity index is 0.00000156. The highest BCUT2D eigenvalue weighted by Gasteiger charge is 2.23. The minimum Gasteiger partial charge on any atom is -0.348 e. The summed E-state index contributed by atoms with van der Waals surface area (Å²) in [5, 5.41) is 10.8. The van der Waals surface area contributed by atoms with Gasteiger partial charge in [-0.3, -0.25) is 4.79 Å². The molecular weight excluding hydrogens is 361 g/mol. The second kappa shape index (κ2) is 9.17. The first-order valence-electron chi connectivity index (χ1n) is 8.06. The Morgan fingerprint density at radius 1 is 1.32 bits per heavy atom. The smallest absolute Gasteiger partial charge is 0.253 e. The molecule has 1 amide bonds. The first-order chi connectivity index (χ1) is 11.0. The molecule has 0 spiro atoms. The van der Waals surface area contributed by atoms with Crippen LogP contribution in [-0.2, 0) is 0 Å². The summed E-state index contributed by atoms with van der Waals surface area (Å²) in [6.07, 6.45) is 2.70. The third-order valence-corrected chi connectivity index (χ3v) is 4.38. The zero-order chi connectivity index (χ0) is 16.4. The van der Waals surface area contributed by atoms with Crippen LogP contribution in [0.25, 0.3) is 5.82 Å². The largest absolute Gasteiger partial charge is 0.348 e. The summed E-state index contributed by atoms with van der Waals surface area (Å²) in [7, 11) is 0. The molecule has 3 heterocycles. The third-order valence-electron chi connectivity index (χ3n) is 4.38. The van der Waals surface area contributed by atoms with Crippen LogP contribution in [0.2, 0.25) is 0 Å². The Bertz CT molecular complexity index is 702. The SMILES string of the molecule is Cc1cc(C)n(-c2ccc(C(=O)NC3CNCCC3C)cn2)n1.Cl.Cl. The van der Waals surface area contributed by atoms with E-state index in [4.69, 9.17) is 0 Å². The van der Waals surface area contributed by atoms with Crippen molar-refractivity contribution in [1.82, 2.24) is 25.4 Å². The van der Waals surface area contributed by atoms with E-state index in [2.05, 4.69) is 27.6 Å². The van der Waals surface area contributed by atoms with Crippen molar-refractivity contribution >= 4 is 30.7 Å². The highest BCUT2D eigenvalue weighted by atomic mass is 35.5. The van der Waals surface area contributed by atoms with E-state index in [1.807, 2.05) is 26.0 Å². The van der Waals surface area contributed by atoms with Crippen LogP contribution in [0.5, 0.6) is 0 Å². The van der Waals surface area contributed by atoms with E-state index in [0.717, 1.165) is 36.7 Å². The number of carbonyl (C=O) groups excluding carboxylic acids is 1. The Morgan fingerprint density at radius 2 is 2.08 bits per heavy atom. The molecule has 0 aromatic carbocycles. The van der Waals surface area contributed by atoms with Crippen LogP contribution in [0.4, 0.5) is 0 Å². The molecule has 2 unspecified atom stereocenters. The zero-order valence-corrected chi connectivity index (χ0v) is 16.3. The normalized spacial score (nSPS) is 19.5. The van der Waals surface area contributed by atoms with Crippen molar-refractivity contribution in [3.63, 3.8) is 0 Å². The molecule has 3 rings (SSSR count). The Morgan fingerprint density at radius 3 is 2.64 bits per heavy atom. The molecule has 0 bridgehead atoms. The molecule has 138 valence electrons. The minimum absolute atomic E-state index is 0. The van der Waals surface area contributed by atoms with Gasteiger partial charge in [0.05, 0.1) is 11.3 Å². The van der Waals surface area contributed by atoms with Crippen molar-refractivity contribution in [2.24, 2.45) is 5.92 Å². The molecule has 2 atom stereocenters. The molecule has 1 saturated heterocycles. The highest BCUT2D eigenvalue weighted by molar-refractivity contribution is 5.94. The minimum atomic E-state index is -0.0713. The first kappa shape index (κ1) is 21.4. The van der Waals surface area contributed by atoms with Crippen molar-refractivity contribution in [2.75, 3.05) is 13.1 Å². The van der Waals surface area contributed by atoms with Gasteiger partial charge in [0, 0.05) is 24.5 Å². The summed E-state index contributed by atoms with van der Waals surface area (Å²) < 4.78 is 1.78. The lowest BCUT2D eigenvalue weighted by Crippen LogP contribution is -2.50. The number of nitrogens with one attached hydrogen (secondary N) is 2. The lowest BCUT2D eigenvalue weighted by molar-refractivity contribution is 0.0915. The van der Waals surface area contributed by atoms with Crippen LogP contribution in [0.1, 0.15) is 35.1 Å². The van der Waals surface area contributed by atoms with E-state index in [1.165, 1.54) is 0 Å². The Labute approximate surface area is 160 Å². The predicted molar refractivity (Wildman–Crippen MR) is 103 cm³/mol. The molecule has 6 nitrogen and oxygen atoms in total. The average Bonchev–Trinajstić information content (AvgIpc) is 2.88. The topological polar surface area (TPSA) is 71.8 Å². The third kappa shape index (κ3) is 4.93. The fraction of sp³-hybridized carbons (Fsp3) is 0.471. The molecule has 1 fully saturated rings. The zero-order valence-electron chi connectivity index (χ0n) is 14.7. The van der Waals surface area contributed by atoms with Gasteiger partial charge < -0.3 is 10.6 Å².